The van der Waals surface area contributed by atoms with Crippen molar-refractivity contribution in [2.45, 2.75) is 26.3 Å². The van der Waals surface area contributed by atoms with Crippen LogP contribution in [0.1, 0.15) is 30.9 Å². The van der Waals surface area contributed by atoms with Crippen LogP contribution >= 0.6 is 0 Å². The number of aromatic hydroxyl groups is 1. The molecule has 0 saturated heterocycles. The van der Waals surface area contributed by atoms with E-state index >= 15 is 0 Å². The van der Waals surface area contributed by atoms with Crippen molar-refractivity contribution in [1.29, 1.82) is 0 Å². The van der Waals surface area contributed by atoms with Gasteiger partial charge in [0, 0.05) is 12.1 Å². The molecule has 0 amide bonds. The summed E-state index contributed by atoms with van der Waals surface area (Å²) in [5.74, 6) is 0.792. The number of hydrogen-bond acceptors (Lipinski definition) is 4. The number of benzene rings is 1. The molecule has 84 valence electrons. The number of methoxy groups -OCH3 is 1. The summed E-state index contributed by atoms with van der Waals surface area (Å²) < 4.78 is 5.01. The maximum Gasteiger partial charge on any atom is 0.162 e. The van der Waals surface area contributed by atoms with Crippen LogP contribution in [0.4, 0.5) is 0 Å². The van der Waals surface area contributed by atoms with Crippen LogP contribution in [0.25, 0.3) is 0 Å². The molecule has 0 saturated carbocycles. The normalized spacial score (nSPS) is 10.7. The molecule has 1 aromatic rings. The fourth-order valence-corrected chi connectivity index (χ4v) is 1.60. The quantitative estimate of drug-likeness (QED) is 0.667. The first-order chi connectivity index (χ1) is 7.11. The van der Waals surface area contributed by atoms with Gasteiger partial charge >= 0.3 is 0 Å². The van der Waals surface area contributed by atoms with Gasteiger partial charge in [-0.15, -0.1) is 0 Å². The zero-order chi connectivity index (χ0) is 11.4. The smallest absolute Gasteiger partial charge is 0.162 e. The highest BCUT2D eigenvalue weighted by Crippen LogP contribution is 2.35. The summed E-state index contributed by atoms with van der Waals surface area (Å²) in [5, 5.41) is 18.6. The zero-order valence-corrected chi connectivity index (χ0v) is 9.24. The van der Waals surface area contributed by atoms with Gasteiger partial charge < -0.3 is 15.1 Å². The molecular weight excluding hydrogens is 194 g/mol. The molecule has 0 atom stereocenters. The largest absolute Gasteiger partial charge is 0.504 e. The van der Waals surface area contributed by atoms with Gasteiger partial charge in [-0.25, -0.2) is 5.48 Å². The zero-order valence-electron chi connectivity index (χ0n) is 9.24. The minimum atomic E-state index is 0.0882. The lowest BCUT2D eigenvalue weighted by Crippen LogP contribution is -2.10. The van der Waals surface area contributed by atoms with E-state index in [9.17, 15) is 5.11 Å². The topological polar surface area (TPSA) is 61.7 Å². The number of rotatable bonds is 4. The average Bonchev–Trinajstić information content (AvgIpc) is 2.20. The van der Waals surface area contributed by atoms with Gasteiger partial charge in [0.1, 0.15) is 0 Å². The van der Waals surface area contributed by atoms with Gasteiger partial charge in [0.2, 0.25) is 0 Å². The van der Waals surface area contributed by atoms with Crippen LogP contribution in [0.2, 0.25) is 0 Å². The van der Waals surface area contributed by atoms with Crippen LogP contribution in [-0.4, -0.2) is 17.4 Å². The molecule has 0 aliphatic carbocycles. The van der Waals surface area contributed by atoms with Crippen LogP contribution < -0.4 is 10.2 Å². The Morgan fingerprint density at radius 1 is 1.40 bits per heavy atom. The Morgan fingerprint density at radius 2 is 2.07 bits per heavy atom. The maximum absolute atomic E-state index is 9.87. The van der Waals surface area contributed by atoms with Gasteiger partial charge in [0.15, 0.2) is 11.5 Å². The summed E-state index contributed by atoms with van der Waals surface area (Å²) in [6.07, 6.45) is 0. The fourth-order valence-electron chi connectivity index (χ4n) is 1.60. The van der Waals surface area contributed by atoms with Gasteiger partial charge in [0.05, 0.1) is 7.11 Å². The Hall–Kier alpha value is -1.26. The first-order valence-corrected chi connectivity index (χ1v) is 4.87. The van der Waals surface area contributed by atoms with Gasteiger partial charge in [-0.3, -0.25) is 0 Å². The van der Waals surface area contributed by atoms with Crippen LogP contribution in [-0.2, 0) is 6.54 Å². The Labute approximate surface area is 89.5 Å². The Kier molecular flexibility index (Phi) is 3.94. The second-order valence-electron chi connectivity index (χ2n) is 3.67. The molecule has 0 bridgehead atoms. The summed E-state index contributed by atoms with van der Waals surface area (Å²) in [6, 6.07) is 3.63. The Bertz CT molecular complexity index is 337. The van der Waals surface area contributed by atoms with Gasteiger partial charge in [-0.05, 0) is 17.5 Å². The van der Waals surface area contributed by atoms with Crippen molar-refractivity contribution >= 4 is 0 Å². The molecule has 4 nitrogen and oxygen atoms in total. The Balaban J connectivity index is 3.24. The molecule has 1 rings (SSSR count). The third kappa shape index (κ3) is 2.40. The maximum atomic E-state index is 9.87. The predicted molar refractivity (Wildman–Crippen MR) is 57.4 cm³/mol. The van der Waals surface area contributed by atoms with E-state index in [-0.39, 0.29) is 18.2 Å². The van der Waals surface area contributed by atoms with E-state index in [0.717, 1.165) is 5.56 Å². The van der Waals surface area contributed by atoms with E-state index in [1.165, 1.54) is 7.11 Å². The highest BCUT2D eigenvalue weighted by Gasteiger charge is 2.14. The van der Waals surface area contributed by atoms with Crippen molar-refractivity contribution in [2.75, 3.05) is 7.11 Å². The van der Waals surface area contributed by atoms with E-state index in [2.05, 4.69) is 5.48 Å². The lowest BCUT2D eigenvalue weighted by atomic mass is 9.96. The van der Waals surface area contributed by atoms with E-state index in [4.69, 9.17) is 9.94 Å². The molecule has 0 aliphatic rings. The molecule has 0 radical (unpaired) electrons. The lowest BCUT2D eigenvalue weighted by molar-refractivity contribution is 0.159. The Morgan fingerprint density at radius 3 is 2.53 bits per heavy atom. The van der Waals surface area contributed by atoms with E-state index in [1.807, 2.05) is 19.9 Å². The number of ether oxygens (including phenoxy) is 1. The average molecular weight is 211 g/mol. The van der Waals surface area contributed by atoms with Crippen LogP contribution in [0.3, 0.4) is 0 Å². The number of nitrogens with one attached hydrogen (secondary N) is 1. The molecule has 0 spiro atoms. The van der Waals surface area contributed by atoms with E-state index in [0.29, 0.717) is 11.3 Å². The molecule has 0 heterocycles. The van der Waals surface area contributed by atoms with Crippen molar-refractivity contribution < 1.29 is 15.1 Å². The van der Waals surface area contributed by atoms with Crippen molar-refractivity contribution in [2.24, 2.45) is 0 Å². The van der Waals surface area contributed by atoms with E-state index in [1.54, 1.807) is 6.07 Å². The third-order valence-corrected chi connectivity index (χ3v) is 2.38. The number of hydroxylamine groups is 1. The van der Waals surface area contributed by atoms with Gasteiger partial charge in [0.25, 0.3) is 0 Å². The van der Waals surface area contributed by atoms with E-state index < -0.39 is 0 Å². The number of phenolic OH excluding ortho intramolecular Hbond substituents is 1. The second-order valence-corrected chi connectivity index (χ2v) is 3.67. The van der Waals surface area contributed by atoms with Crippen LogP contribution in [0.15, 0.2) is 12.1 Å². The number of hydrogen-bond donors (Lipinski definition) is 3. The molecule has 0 fully saturated rings. The predicted octanol–water partition coefficient (Wildman–Crippen LogP) is 2.00. The van der Waals surface area contributed by atoms with Crippen molar-refractivity contribution in [3.8, 4) is 11.5 Å². The summed E-state index contributed by atoms with van der Waals surface area (Å²) in [4.78, 5) is 0. The highest BCUT2D eigenvalue weighted by molar-refractivity contribution is 5.50. The molecule has 15 heavy (non-hydrogen) atoms. The number of phenols is 1. The first-order valence-electron chi connectivity index (χ1n) is 4.87. The minimum Gasteiger partial charge on any atom is -0.504 e. The fraction of sp³-hybridized carbons (Fsp3) is 0.455. The molecule has 3 N–H and O–H groups in total. The molecular formula is C11H17NO3. The SMILES string of the molecule is COc1ccc(C(C)C)c(CNO)c1O. The first kappa shape index (κ1) is 11.8. The highest BCUT2D eigenvalue weighted by atomic mass is 16.5. The minimum absolute atomic E-state index is 0.0882. The summed E-state index contributed by atoms with van der Waals surface area (Å²) in [6.45, 7) is 4.26. The van der Waals surface area contributed by atoms with Gasteiger partial charge in [-0.2, -0.15) is 0 Å². The summed E-state index contributed by atoms with van der Waals surface area (Å²) in [7, 11) is 1.50. The summed E-state index contributed by atoms with van der Waals surface area (Å²) >= 11 is 0. The summed E-state index contributed by atoms with van der Waals surface area (Å²) in [5.41, 5.74) is 3.72. The van der Waals surface area contributed by atoms with Crippen LogP contribution in [0.5, 0.6) is 11.5 Å². The van der Waals surface area contributed by atoms with Crippen molar-refractivity contribution in [1.82, 2.24) is 5.48 Å². The monoisotopic (exact) mass is 211 g/mol. The molecule has 0 aliphatic heterocycles. The second kappa shape index (κ2) is 5.00. The van der Waals surface area contributed by atoms with Crippen LogP contribution in [0, 0.1) is 0 Å². The molecule has 0 aromatic heterocycles. The van der Waals surface area contributed by atoms with Crippen molar-refractivity contribution in [3.05, 3.63) is 23.3 Å². The van der Waals surface area contributed by atoms with Gasteiger partial charge in [-0.1, -0.05) is 19.9 Å². The lowest BCUT2D eigenvalue weighted by Gasteiger charge is -2.15. The third-order valence-electron chi connectivity index (χ3n) is 2.38. The standard InChI is InChI=1S/C11H17NO3/c1-7(2)8-4-5-10(15-3)11(13)9(8)6-12-14/h4-5,7,12-14H,6H2,1-3H3. The molecule has 0 unspecified atom stereocenters. The van der Waals surface area contributed by atoms with Crippen molar-refractivity contribution in [3.63, 3.8) is 0 Å². The molecule has 1 aromatic carbocycles. The molecule has 4 heteroatoms.